The van der Waals surface area contributed by atoms with Crippen molar-refractivity contribution in [3.63, 3.8) is 0 Å². The number of phenolic OH excluding ortho intramolecular Hbond substituents is 1. The van der Waals surface area contributed by atoms with E-state index in [1.54, 1.807) is 18.2 Å². The molecule has 4 nitrogen and oxygen atoms in total. The van der Waals surface area contributed by atoms with Crippen LogP contribution in [-0.4, -0.2) is 5.11 Å². The highest BCUT2D eigenvalue weighted by molar-refractivity contribution is 5.68. The molecule has 0 spiro atoms. The van der Waals surface area contributed by atoms with Gasteiger partial charge >= 0.3 is 0 Å². The van der Waals surface area contributed by atoms with Crippen molar-refractivity contribution >= 4 is 11.4 Å². The zero-order valence-corrected chi connectivity index (χ0v) is 8.42. The first-order valence-corrected chi connectivity index (χ1v) is 4.96. The molecule has 0 saturated carbocycles. The molecule has 2 aromatic rings. The van der Waals surface area contributed by atoms with Crippen LogP contribution in [0, 0.1) is 0 Å². The van der Waals surface area contributed by atoms with Crippen LogP contribution in [0.1, 0.15) is 0 Å². The Morgan fingerprint density at radius 1 is 1.00 bits per heavy atom. The van der Waals surface area contributed by atoms with Gasteiger partial charge in [0.25, 0.3) is 0 Å². The second-order valence-electron chi connectivity index (χ2n) is 3.48. The van der Waals surface area contributed by atoms with Gasteiger partial charge in [0.05, 0.1) is 0 Å². The second-order valence-corrected chi connectivity index (χ2v) is 3.48. The number of benzene rings is 2. The van der Waals surface area contributed by atoms with Gasteiger partial charge in [0, 0.05) is 0 Å². The fourth-order valence-electron chi connectivity index (χ4n) is 1.61. The number of phenols is 1. The van der Waals surface area contributed by atoms with Crippen molar-refractivity contribution in [1.29, 1.82) is 0 Å². The molecule has 1 aliphatic rings. The highest BCUT2D eigenvalue weighted by atomic mass is 16.7. The van der Waals surface area contributed by atoms with Gasteiger partial charge in [-0.05, 0) is 24.3 Å². The van der Waals surface area contributed by atoms with Gasteiger partial charge in [-0.1, -0.05) is 24.3 Å². The third kappa shape index (κ3) is 1.32. The minimum Gasteiger partial charge on any atom is -0.506 e. The third-order valence-electron chi connectivity index (χ3n) is 2.40. The zero-order chi connectivity index (χ0) is 11.0. The number of aromatic hydroxyl groups is 1. The summed E-state index contributed by atoms with van der Waals surface area (Å²) in [4.78, 5) is 5.54. The first-order valence-electron chi connectivity index (χ1n) is 4.96. The molecule has 0 radical (unpaired) electrons. The van der Waals surface area contributed by atoms with E-state index in [4.69, 9.17) is 4.84 Å². The fraction of sp³-hybridized carbons (Fsp3) is 0. The molecule has 0 amide bonds. The van der Waals surface area contributed by atoms with Gasteiger partial charge in [0.2, 0.25) is 0 Å². The van der Waals surface area contributed by atoms with Crippen LogP contribution in [0.15, 0.2) is 48.5 Å². The molecular formula is C12H10N2O2. The average molecular weight is 214 g/mol. The smallest absolute Gasteiger partial charge is 0.182 e. The number of hydrogen-bond acceptors (Lipinski definition) is 4. The third-order valence-corrected chi connectivity index (χ3v) is 2.40. The summed E-state index contributed by atoms with van der Waals surface area (Å²) in [6, 6.07) is 14.6. The number of anilines is 2. The van der Waals surface area contributed by atoms with Gasteiger partial charge in [-0.2, -0.15) is 0 Å². The number of hydrogen-bond donors (Lipinski definition) is 2. The molecule has 0 unspecified atom stereocenters. The van der Waals surface area contributed by atoms with Gasteiger partial charge < -0.3 is 9.94 Å². The molecule has 3 rings (SSSR count). The molecular weight excluding hydrogens is 204 g/mol. The SMILES string of the molecule is Oc1ccccc1N1Nc2ccccc2O1. The maximum absolute atomic E-state index is 9.69. The fourth-order valence-corrected chi connectivity index (χ4v) is 1.61. The van der Waals surface area contributed by atoms with Crippen LogP contribution in [0.25, 0.3) is 0 Å². The number of nitrogens with one attached hydrogen (secondary N) is 1. The Balaban J connectivity index is 1.95. The van der Waals surface area contributed by atoms with Crippen molar-refractivity contribution in [2.75, 3.05) is 10.6 Å². The van der Waals surface area contributed by atoms with Crippen molar-refractivity contribution in [3.8, 4) is 11.5 Å². The minimum absolute atomic E-state index is 0.169. The standard InChI is InChI=1S/C12H10N2O2/c15-11-7-3-2-6-10(11)14-13-9-5-1-4-8-12(9)16-14/h1-8,13,15H. The van der Waals surface area contributed by atoms with E-state index in [2.05, 4.69) is 5.43 Å². The Kier molecular flexibility index (Phi) is 1.86. The van der Waals surface area contributed by atoms with Crippen molar-refractivity contribution in [1.82, 2.24) is 0 Å². The first kappa shape index (κ1) is 8.91. The number of rotatable bonds is 1. The molecule has 0 aliphatic carbocycles. The Morgan fingerprint density at radius 3 is 2.56 bits per heavy atom. The Labute approximate surface area is 92.6 Å². The first-order chi connectivity index (χ1) is 7.84. The molecule has 1 heterocycles. The summed E-state index contributed by atoms with van der Waals surface area (Å²) >= 11 is 0. The lowest BCUT2D eigenvalue weighted by molar-refractivity contribution is 0.321. The van der Waals surface area contributed by atoms with E-state index < -0.39 is 0 Å². The number of para-hydroxylation sites is 4. The average Bonchev–Trinajstić information content (AvgIpc) is 2.73. The van der Waals surface area contributed by atoms with E-state index in [-0.39, 0.29) is 5.75 Å². The van der Waals surface area contributed by atoms with E-state index in [9.17, 15) is 5.11 Å². The normalized spacial score (nSPS) is 12.9. The topological polar surface area (TPSA) is 44.7 Å². The van der Waals surface area contributed by atoms with Crippen LogP contribution >= 0.6 is 0 Å². The zero-order valence-electron chi connectivity index (χ0n) is 8.42. The summed E-state index contributed by atoms with van der Waals surface area (Å²) in [5.74, 6) is 0.911. The lowest BCUT2D eigenvalue weighted by atomic mass is 10.3. The van der Waals surface area contributed by atoms with Gasteiger partial charge in [-0.25, -0.2) is 0 Å². The van der Waals surface area contributed by atoms with Crippen LogP contribution in [-0.2, 0) is 0 Å². The molecule has 16 heavy (non-hydrogen) atoms. The molecule has 80 valence electrons. The highest BCUT2D eigenvalue weighted by Gasteiger charge is 2.21. The second kappa shape index (κ2) is 3.34. The molecule has 0 aromatic heterocycles. The Hall–Kier alpha value is -2.36. The number of hydrazine groups is 1. The van der Waals surface area contributed by atoms with E-state index in [0.717, 1.165) is 11.4 Å². The summed E-state index contributed by atoms with van der Waals surface area (Å²) in [5, 5.41) is 11.1. The van der Waals surface area contributed by atoms with E-state index in [0.29, 0.717) is 5.69 Å². The summed E-state index contributed by atoms with van der Waals surface area (Å²) in [6.45, 7) is 0. The van der Waals surface area contributed by atoms with Gasteiger partial charge in [0.15, 0.2) is 5.75 Å². The Bertz CT molecular complexity index is 503. The van der Waals surface area contributed by atoms with Gasteiger partial charge in [-0.15, -0.1) is 5.17 Å². The van der Waals surface area contributed by atoms with Crippen LogP contribution in [0.4, 0.5) is 11.4 Å². The largest absolute Gasteiger partial charge is 0.506 e. The lowest BCUT2D eigenvalue weighted by Crippen LogP contribution is -2.27. The number of fused-ring (bicyclic) bond motifs is 1. The summed E-state index contributed by atoms with van der Waals surface area (Å²) in [7, 11) is 0. The molecule has 0 bridgehead atoms. The monoisotopic (exact) mass is 214 g/mol. The van der Waals surface area contributed by atoms with E-state index in [1.165, 1.54) is 5.17 Å². The molecule has 2 aromatic carbocycles. The quantitative estimate of drug-likeness (QED) is 0.765. The minimum atomic E-state index is 0.169. The molecule has 0 atom stereocenters. The van der Waals surface area contributed by atoms with E-state index in [1.807, 2.05) is 30.3 Å². The molecule has 0 fully saturated rings. The summed E-state index contributed by atoms with van der Waals surface area (Å²) in [6.07, 6.45) is 0. The summed E-state index contributed by atoms with van der Waals surface area (Å²) in [5.41, 5.74) is 4.51. The summed E-state index contributed by atoms with van der Waals surface area (Å²) < 4.78 is 0. The van der Waals surface area contributed by atoms with Crippen LogP contribution in [0.5, 0.6) is 11.5 Å². The van der Waals surface area contributed by atoms with Gasteiger partial charge in [-0.3, -0.25) is 5.43 Å². The van der Waals surface area contributed by atoms with Crippen molar-refractivity contribution in [3.05, 3.63) is 48.5 Å². The van der Waals surface area contributed by atoms with Crippen molar-refractivity contribution in [2.45, 2.75) is 0 Å². The van der Waals surface area contributed by atoms with Crippen molar-refractivity contribution in [2.24, 2.45) is 0 Å². The maximum atomic E-state index is 9.69. The highest BCUT2D eigenvalue weighted by Crippen LogP contribution is 2.36. The van der Waals surface area contributed by atoms with Gasteiger partial charge in [0.1, 0.15) is 17.1 Å². The molecule has 1 aliphatic heterocycles. The molecule has 2 N–H and O–H groups in total. The predicted octanol–water partition coefficient (Wildman–Crippen LogP) is 2.53. The Morgan fingerprint density at radius 2 is 1.75 bits per heavy atom. The predicted molar refractivity (Wildman–Crippen MR) is 61.3 cm³/mol. The molecule has 4 heteroatoms. The number of nitrogens with zero attached hydrogens (tertiary/aromatic N) is 1. The van der Waals surface area contributed by atoms with Crippen LogP contribution < -0.4 is 15.4 Å². The molecule has 0 saturated heterocycles. The van der Waals surface area contributed by atoms with E-state index >= 15 is 0 Å². The lowest BCUT2D eigenvalue weighted by Gasteiger charge is -2.17. The van der Waals surface area contributed by atoms with Crippen LogP contribution in [0.3, 0.4) is 0 Å². The van der Waals surface area contributed by atoms with Crippen molar-refractivity contribution < 1.29 is 9.94 Å². The maximum Gasteiger partial charge on any atom is 0.182 e. The van der Waals surface area contributed by atoms with Crippen LogP contribution in [0.2, 0.25) is 0 Å².